The Kier molecular flexibility index (Phi) is 5.88. The van der Waals surface area contributed by atoms with Gasteiger partial charge < -0.3 is 0 Å². The summed E-state index contributed by atoms with van der Waals surface area (Å²) in [6.45, 7) is 0. The molecule has 9 aromatic rings. The normalized spacial score (nSPS) is 13.3. The minimum Gasteiger partial charge on any atom is -0.256 e. The van der Waals surface area contributed by atoms with Crippen LogP contribution in [0.5, 0.6) is 0 Å². The fourth-order valence-electron chi connectivity index (χ4n) is 8.90. The molecule has 3 heteroatoms. The molecule has 0 bridgehead atoms. The molecule has 0 amide bonds. The number of para-hydroxylation sites is 2. The van der Waals surface area contributed by atoms with Crippen LogP contribution in [-0.4, -0.2) is 15.0 Å². The zero-order valence-corrected chi connectivity index (χ0v) is 27.6. The zero-order valence-electron chi connectivity index (χ0n) is 27.6. The predicted octanol–water partition coefficient (Wildman–Crippen LogP) is 11.5. The van der Waals surface area contributed by atoms with Crippen LogP contribution in [0.2, 0.25) is 0 Å². The lowest BCUT2D eigenvalue weighted by atomic mass is 9.70. The van der Waals surface area contributed by atoms with E-state index in [-0.39, 0.29) is 0 Å². The monoisotopic (exact) mass is 647 g/mol. The highest BCUT2D eigenvalue weighted by atomic mass is 14.9. The molecule has 0 saturated carbocycles. The van der Waals surface area contributed by atoms with E-state index in [9.17, 15) is 0 Å². The van der Waals surface area contributed by atoms with Crippen molar-refractivity contribution in [2.75, 3.05) is 0 Å². The molecule has 1 spiro atoms. The van der Waals surface area contributed by atoms with E-state index in [1.54, 1.807) is 0 Å². The highest BCUT2D eigenvalue weighted by Gasteiger charge is 2.52. The van der Waals surface area contributed by atoms with Crippen molar-refractivity contribution in [3.8, 4) is 56.0 Å². The third kappa shape index (κ3) is 3.86. The summed E-state index contributed by atoms with van der Waals surface area (Å²) in [5.74, 6) is 0.733. The average molecular weight is 648 g/mol. The number of hydrogen-bond donors (Lipinski definition) is 0. The maximum absolute atomic E-state index is 5.43. The molecule has 236 valence electrons. The van der Waals surface area contributed by atoms with E-state index in [1.165, 1.54) is 50.1 Å². The smallest absolute Gasteiger partial charge is 0.161 e. The summed E-state index contributed by atoms with van der Waals surface area (Å²) in [6, 6.07) is 61.0. The molecule has 11 rings (SSSR count). The van der Waals surface area contributed by atoms with Crippen molar-refractivity contribution in [3.63, 3.8) is 0 Å². The van der Waals surface area contributed by atoms with Gasteiger partial charge in [-0.3, -0.25) is 4.98 Å². The van der Waals surface area contributed by atoms with Gasteiger partial charge in [-0.1, -0.05) is 152 Å². The summed E-state index contributed by atoms with van der Waals surface area (Å²) in [6.07, 6.45) is 1.89. The largest absolute Gasteiger partial charge is 0.256 e. The third-order valence-electron chi connectivity index (χ3n) is 11.0. The first-order valence-electron chi connectivity index (χ1n) is 17.5. The summed E-state index contributed by atoms with van der Waals surface area (Å²) >= 11 is 0. The quantitative estimate of drug-likeness (QED) is 0.192. The Morgan fingerprint density at radius 2 is 0.902 bits per heavy atom. The molecule has 3 nitrogen and oxygen atoms in total. The third-order valence-corrected chi connectivity index (χ3v) is 11.0. The summed E-state index contributed by atoms with van der Waals surface area (Å²) in [4.78, 5) is 15.3. The second-order valence-corrected chi connectivity index (χ2v) is 13.5. The Labute approximate surface area is 295 Å². The van der Waals surface area contributed by atoms with Gasteiger partial charge in [0.15, 0.2) is 5.82 Å². The van der Waals surface area contributed by atoms with Gasteiger partial charge >= 0.3 is 0 Å². The fraction of sp³-hybridized carbons (Fsp3) is 0.0208. The van der Waals surface area contributed by atoms with Crippen LogP contribution in [0.1, 0.15) is 22.3 Å². The van der Waals surface area contributed by atoms with Crippen molar-refractivity contribution >= 4 is 21.8 Å². The molecule has 2 heterocycles. The Balaban J connectivity index is 1.13. The van der Waals surface area contributed by atoms with Gasteiger partial charge in [-0.25, -0.2) is 9.97 Å². The SMILES string of the molecule is c1ccc2c(c1)-c1ccccc1C21c2ccccc2-c2c(-c3nc(-c4ccc(-c5ccnc6ccccc56)cc4)c4ccccc4n3)cccc21. The number of hydrogen-bond acceptors (Lipinski definition) is 3. The van der Waals surface area contributed by atoms with Crippen molar-refractivity contribution in [3.05, 3.63) is 198 Å². The van der Waals surface area contributed by atoms with E-state index in [0.29, 0.717) is 0 Å². The topological polar surface area (TPSA) is 38.7 Å². The molecule has 0 unspecified atom stereocenters. The first-order valence-corrected chi connectivity index (χ1v) is 17.5. The van der Waals surface area contributed by atoms with Gasteiger partial charge in [0, 0.05) is 28.1 Å². The molecule has 51 heavy (non-hydrogen) atoms. The molecule has 2 aliphatic carbocycles. The first-order chi connectivity index (χ1) is 25.3. The fourth-order valence-corrected chi connectivity index (χ4v) is 8.90. The molecule has 0 saturated heterocycles. The highest BCUT2D eigenvalue weighted by Crippen LogP contribution is 2.63. The molecule has 2 aliphatic rings. The molecule has 0 atom stereocenters. The van der Waals surface area contributed by atoms with Crippen LogP contribution in [-0.2, 0) is 5.41 Å². The maximum Gasteiger partial charge on any atom is 0.161 e. The van der Waals surface area contributed by atoms with Gasteiger partial charge in [-0.2, -0.15) is 0 Å². The van der Waals surface area contributed by atoms with Crippen molar-refractivity contribution in [1.82, 2.24) is 15.0 Å². The molecule has 0 fully saturated rings. The summed E-state index contributed by atoms with van der Waals surface area (Å²) in [7, 11) is 0. The van der Waals surface area contributed by atoms with Crippen molar-refractivity contribution < 1.29 is 0 Å². The van der Waals surface area contributed by atoms with E-state index in [2.05, 4.69) is 169 Å². The summed E-state index contributed by atoms with van der Waals surface area (Å²) < 4.78 is 0. The van der Waals surface area contributed by atoms with Crippen LogP contribution >= 0.6 is 0 Å². The number of fused-ring (bicyclic) bond motifs is 12. The molecular weight excluding hydrogens is 619 g/mol. The molecule has 2 aromatic heterocycles. The van der Waals surface area contributed by atoms with Gasteiger partial charge in [0.25, 0.3) is 0 Å². The lowest BCUT2D eigenvalue weighted by Crippen LogP contribution is -2.25. The Hall–Kier alpha value is -6.71. The zero-order chi connectivity index (χ0) is 33.5. The minimum atomic E-state index is -0.415. The van der Waals surface area contributed by atoms with Crippen molar-refractivity contribution in [1.29, 1.82) is 0 Å². The number of aromatic nitrogens is 3. The molecule has 0 N–H and O–H groups in total. The van der Waals surface area contributed by atoms with E-state index >= 15 is 0 Å². The van der Waals surface area contributed by atoms with Crippen LogP contribution in [0.3, 0.4) is 0 Å². The molecule has 0 aliphatic heterocycles. The van der Waals surface area contributed by atoms with Crippen LogP contribution < -0.4 is 0 Å². The molecule has 0 radical (unpaired) electrons. The van der Waals surface area contributed by atoms with Crippen molar-refractivity contribution in [2.24, 2.45) is 0 Å². The van der Waals surface area contributed by atoms with Gasteiger partial charge in [-0.15, -0.1) is 0 Å². The number of rotatable bonds is 3. The summed E-state index contributed by atoms with van der Waals surface area (Å²) in [5, 5.41) is 2.18. The highest BCUT2D eigenvalue weighted by molar-refractivity contribution is 6.01. The van der Waals surface area contributed by atoms with Gasteiger partial charge in [-0.05, 0) is 73.8 Å². The van der Waals surface area contributed by atoms with E-state index in [0.717, 1.165) is 50.0 Å². The van der Waals surface area contributed by atoms with Crippen LogP contribution in [0.25, 0.3) is 77.8 Å². The van der Waals surface area contributed by atoms with Crippen LogP contribution in [0.15, 0.2) is 176 Å². The standard InChI is InChI=1S/C48H29N3/c1-6-18-39-33(12-1)34-13-2-7-19-40(34)48(39)41-20-8-3-15-36(41)45-38(17-11-21-42(45)48)47-50-44-23-10-5-16-37(44)46(51-47)31-26-24-30(25-27-31)32-28-29-49-43-22-9-4-14-35(32)43/h1-29H. The minimum absolute atomic E-state index is 0.415. The lowest BCUT2D eigenvalue weighted by Gasteiger charge is -2.30. The predicted molar refractivity (Wildman–Crippen MR) is 207 cm³/mol. The van der Waals surface area contributed by atoms with Gasteiger partial charge in [0.2, 0.25) is 0 Å². The lowest BCUT2D eigenvalue weighted by molar-refractivity contribution is 0.794. The van der Waals surface area contributed by atoms with Crippen LogP contribution in [0, 0.1) is 0 Å². The van der Waals surface area contributed by atoms with Gasteiger partial charge in [0.05, 0.1) is 22.1 Å². The van der Waals surface area contributed by atoms with E-state index < -0.39 is 5.41 Å². The van der Waals surface area contributed by atoms with Gasteiger partial charge in [0.1, 0.15) is 0 Å². The number of pyridine rings is 1. The van der Waals surface area contributed by atoms with E-state index in [1.807, 2.05) is 12.3 Å². The Bertz CT molecular complexity index is 2820. The summed E-state index contributed by atoms with van der Waals surface area (Å²) in [5.41, 5.74) is 17.2. The first kappa shape index (κ1) is 28.2. The van der Waals surface area contributed by atoms with E-state index in [4.69, 9.17) is 9.97 Å². The Morgan fingerprint density at radius 3 is 1.65 bits per heavy atom. The maximum atomic E-state index is 5.43. The Morgan fingerprint density at radius 1 is 0.353 bits per heavy atom. The number of benzene rings is 7. The van der Waals surface area contributed by atoms with Crippen molar-refractivity contribution in [2.45, 2.75) is 5.41 Å². The molecule has 7 aromatic carbocycles. The average Bonchev–Trinajstić information content (AvgIpc) is 3.68. The second-order valence-electron chi connectivity index (χ2n) is 13.5. The number of nitrogens with zero attached hydrogens (tertiary/aromatic N) is 3. The second kappa shape index (κ2) is 10.6. The van der Waals surface area contributed by atoms with Crippen LogP contribution in [0.4, 0.5) is 0 Å². The molecular formula is C48H29N3.